The van der Waals surface area contributed by atoms with E-state index in [0.717, 1.165) is 23.6 Å². The Balaban J connectivity index is 2.53. The lowest BCUT2D eigenvalue weighted by Gasteiger charge is -2.20. The van der Waals surface area contributed by atoms with Crippen LogP contribution in [0.15, 0.2) is 42.5 Å². The minimum absolute atomic E-state index is 0.336. The molecule has 0 spiro atoms. The van der Waals surface area contributed by atoms with Gasteiger partial charge in [-0.25, -0.2) is 8.78 Å². The maximum absolute atomic E-state index is 13.9. The second-order valence-corrected chi connectivity index (χ2v) is 4.44. The van der Waals surface area contributed by atoms with Crippen LogP contribution in [0.2, 0.25) is 0 Å². The highest BCUT2D eigenvalue weighted by atomic mass is 19.1. The SMILES string of the molecule is CCc1ccccc1C(NC)c1cc(F)ccc1F. The molecule has 19 heavy (non-hydrogen) atoms. The molecule has 3 heteroatoms. The fourth-order valence-corrected chi connectivity index (χ4v) is 2.35. The Morgan fingerprint density at radius 1 is 1.05 bits per heavy atom. The Labute approximate surface area is 112 Å². The number of hydrogen-bond acceptors (Lipinski definition) is 1. The number of halogens is 2. The summed E-state index contributed by atoms with van der Waals surface area (Å²) < 4.78 is 27.3. The smallest absolute Gasteiger partial charge is 0.128 e. The Hall–Kier alpha value is -1.74. The highest BCUT2D eigenvalue weighted by molar-refractivity contribution is 5.38. The highest BCUT2D eigenvalue weighted by Gasteiger charge is 2.18. The monoisotopic (exact) mass is 261 g/mol. The first-order valence-corrected chi connectivity index (χ1v) is 6.37. The summed E-state index contributed by atoms with van der Waals surface area (Å²) in [6.45, 7) is 2.05. The van der Waals surface area contributed by atoms with Crippen molar-refractivity contribution in [2.45, 2.75) is 19.4 Å². The lowest BCUT2D eigenvalue weighted by atomic mass is 9.93. The van der Waals surface area contributed by atoms with Crippen molar-refractivity contribution in [3.05, 3.63) is 70.8 Å². The van der Waals surface area contributed by atoms with Gasteiger partial charge in [0.05, 0.1) is 6.04 Å². The highest BCUT2D eigenvalue weighted by Crippen LogP contribution is 2.27. The molecule has 2 aromatic rings. The summed E-state index contributed by atoms with van der Waals surface area (Å²) in [6, 6.07) is 11.0. The van der Waals surface area contributed by atoms with Crippen LogP contribution in [-0.4, -0.2) is 7.05 Å². The molecule has 1 N–H and O–H groups in total. The minimum Gasteiger partial charge on any atom is -0.309 e. The number of nitrogens with one attached hydrogen (secondary N) is 1. The van der Waals surface area contributed by atoms with Crippen molar-refractivity contribution < 1.29 is 8.78 Å². The van der Waals surface area contributed by atoms with E-state index in [2.05, 4.69) is 5.32 Å². The Morgan fingerprint density at radius 2 is 1.79 bits per heavy atom. The third kappa shape index (κ3) is 2.82. The number of rotatable bonds is 4. The molecule has 0 bridgehead atoms. The molecule has 0 amide bonds. The van der Waals surface area contributed by atoms with E-state index < -0.39 is 11.6 Å². The molecule has 0 heterocycles. The molecule has 0 radical (unpaired) electrons. The zero-order valence-electron chi connectivity index (χ0n) is 11.1. The molecule has 1 unspecified atom stereocenters. The van der Waals surface area contributed by atoms with Crippen LogP contribution in [0.5, 0.6) is 0 Å². The first-order chi connectivity index (χ1) is 9.17. The van der Waals surface area contributed by atoms with Gasteiger partial charge in [-0.1, -0.05) is 31.2 Å². The molecule has 0 fully saturated rings. The Kier molecular flexibility index (Phi) is 4.27. The fraction of sp³-hybridized carbons (Fsp3) is 0.250. The zero-order chi connectivity index (χ0) is 13.8. The van der Waals surface area contributed by atoms with E-state index in [-0.39, 0.29) is 6.04 Å². The first kappa shape index (κ1) is 13.7. The second kappa shape index (κ2) is 5.93. The average molecular weight is 261 g/mol. The molecule has 100 valence electrons. The van der Waals surface area contributed by atoms with Crippen LogP contribution in [0.3, 0.4) is 0 Å². The van der Waals surface area contributed by atoms with Crippen LogP contribution in [0, 0.1) is 11.6 Å². The van der Waals surface area contributed by atoms with E-state index in [1.54, 1.807) is 7.05 Å². The molecule has 2 rings (SSSR count). The molecular weight excluding hydrogens is 244 g/mol. The van der Waals surface area contributed by atoms with Crippen molar-refractivity contribution in [2.75, 3.05) is 7.05 Å². The molecule has 1 atom stereocenters. The molecule has 0 aliphatic heterocycles. The van der Waals surface area contributed by atoms with E-state index in [0.29, 0.717) is 5.56 Å². The molecule has 0 aromatic heterocycles. The summed E-state index contributed by atoms with van der Waals surface area (Å²) in [4.78, 5) is 0. The zero-order valence-corrected chi connectivity index (χ0v) is 11.1. The normalized spacial score (nSPS) is 12.4. The van der Waals surface area contributed by atoms with Gasteiger partial charge in [0.2, 0.25) is 0 Å². The van der Waals surface area contributed by atoms with Crippen molar-refractivity contribution in [3.8, 4) is 0 Å². The maximum Gasteiger partial charge on any atom is 0.128 e. The van der Waals surface area contributed by atoms with Crippen LogP contribution in [0.25, 0.3) is 0 Å². The minimum atomic E-state index is -0.425. The van der Waals surface area contributed by atoms with E-state index in [9.17, 15) is 8.78 Å². The molecule has 0 aliphatic rings. The second-order valence-electron chi connectivity index (χ2n) is 4.44. The van der Waals surface area contributed by atoms with Gasteiger partial charge in [0.15, 0.2) is 0 Å². The van der Waals surface area contributed by atoms with Gasteiger partial charge >= 0.3 is 0 Å². The van der Waals surface area contributed by atoms with Gasteiger partial charge in [0.1, 0.15) is 11.6 Å². The summed E-state index contributed by atoms with van der Waals surface area (Å²) in [5, 5.41) is 3.07. The van der Waals surface area contributed by atoms with E-state index in [4.69, 9.17) is 0 Å². The standard InChI is InChI=1S/C16H17F2N/c1-3-11-6-4-5-7-13(11)16(19-2)14-10-12(17)8-9-15(14)18/h4-10,16,19H,3H2,1-2H3. The number of benzene rings is 2. The van der Waals surface area contributed by atoms with Gasteiger partial charge in [0.25, 0.3) is 0 Å². The van der Waals surface area contributed by atoms with Crippen LogP contribution in [0.1, 0.15) is 29.7 Å². The number of hydrogen-bond donors (Lipinski definition) is 1. The molecular formula is C16H17F2N. The van der Waals surface area contributed by atoms with E-state index in [1.807, 2.05) is 31.2 Å². The van der Waals surface area contributed by atoms with Crippen molar-refractivity contribution >= 4 is 0 Å². The molecule has 0 aliphatic carbocycles. The molecule has 1 nitrogen and oxygen atoms in total. The van der Waals surface area contributed by atoms with Gasteiger partial charge < -0.3 is 5.32 Å². The van der Waals surface area contributed by atoms with E-state index in [1.165, 1.54) is 12.1 Å². The lowest BCUT2D eigenvalue weighted by Crippen LogP contribution is -2.20. The lowest BCUT2D eigenvalue weighted by molar-refractivity contribution is 0.557. The van der Waals surface area contributed by atoms with Gasteiger partial charge in [0, 0.05) is 5.56 Å². The summed E-state index contributed by atoms with van der Waals surface area (Å²) in [7, 11) is 1.75. The third-order valence-corrected chi connectivity index (χ3v) is 3.30. The van der Waals surface area contributed by atoms with Gasteiger partial charge in [-0.3, -0.25) is 0 Å². The third-order valence-electron chi connectivity index (χ3n) is 3.30. The van der Waals surface area contributed by atoms with Crippen LogP contribution in [0.4, 0.5) is 8.78 Å². The summed E-state index contributed by atoms with van der Waals surface area (Å²) >= 11 is 0. The fourth-order valence-electron chi connectivity index (χ4n) is 2.35. The van der Waals surface area contributed by atoms with Crippen molar-refractivity contribution in [2.24, 2.45) is 0 Å². The predicted octanol–water partition coefficient (Wildman–Crippen LogP) is 3.84. The molecule has 2 aromatic carbocycles. The van der Waals surface area contributed by atoms with Gasteiger partial charge in [-0.15, -0.1) is 0 Å². The van der Waals surface area contributed by atoms with E-state index >= 15 is 0 Å². The first-order valence-electron chi connectivity index (χ1n) is 6.37. The van der Waals surface area contributed by atoms with Crippen molar-refractivity contribution in [3.63, 3.8) is 0 Å². The van der Waals surface area contributed by atoms with Gasteiger partial charge in [-0.2, -0.15) is 0 Å². The topological polar surface area (TPSA) is 12.0 Å². The summed E-state index contributed by atoms with van der Waals surface area (Å²) in [5.41, 5.74) is 2.45. The predicted molar refractivity (Wildman–Crippen MR) is 73.1 cm³/mol. The molecule has 0 saturated heterocycles. The maximum atomic E-state index is 13.9. The van der Waals surface area contributed by atoms with Crippen LogP contribution in [-0.2, 0) is 6.42 Å². The van der Waals surface area contributed by atoms with Crippen LogP contribution < -0.4 is 5.32 Å². The Bertz CT molecular complexity index is 566. The largest absolute Gasteiger partial charge is 0.309 e. The number of aryl methyl sites for hydroxylation is 1. The van der Waals surface area contributed by atoms with Crippen LogP contribution >= 0.6 is 0 Å². The Morgan fingerprint density at radius 3 is 2.47 bits per heavy atom. The quantitative estimate of drug-likeness (QED) is 0.881. The average Bonchev–Trinajstić information content (AvgIpc) is 2.44. The van der Waals surface area contributed by atoms with Crippen molar-refractivity contribution in [1.82, 2.24) is 5.32 Å². The van der Waals surface area contributed by atoms with Gasteiger partial charge in [-0.05, 0) is 42.8 Å². The summed E-state index contributed by atoms with van der Waals surface area (Å²) in [6.07, 6.45) is 0.852. The summed E-state index contributed by atoms with van der Waals surface area (Å²) in [5.74, 6) is -0.822. The van der Waals surface area contributed by atoms with Crippen molar-refractivity contribution in [1.29, 1.82) is 0 Å². The molecule has 0 saturated carbocycles.